The van der Waals surface area contributed by atoms with Crippen LogP contribution in [-0.4, -0.2) is 46.2 Å². The van der Waals surface area contributed by atoms with E-state index in [9.17, 15) is 14.4 Å². The number of amidine groups is 1. The Morgan fingerprint density at radius 3 is 2.48 bits per heavy atom. The van der Waals surface area contributed by atoms with Crippen LogP contribution < -0.4 is 5.73 Å². The van der Waals surface area contributed by atoms with E-state index >= 15 is 0 Å². The first kappa shape index (κ1) is 18.9. The molecular weight excluding hydrogens is 376 g/mol. The largest absolute Gasteiger partial charge is 0.452 e. The van der Waals surface area contributed by atoms with E-state index in [1.54, 1.807) is 24.3 Å². The van der Waals surface area contributed by atoms with Gasteiger partial charge >= 0.3 is 5.97 Å². The van der Waals surface area contributed by atoms with Gasteiger partial charge in [-0.3, -0.25) is 19.9 Å². The Hall–Kier alpha value is -3.46. The van der Waals surface area contributed by atoms with Crippen molar-refractivity contribution < 1.29 is 23.6 Å². The zero-order valence-electron chi connectivity index (χ0n) is 15.6. The van der Waals surface area contributed by atoms with Crippen LogP contribution in [-0.2, 0) is 11.4 Å². The van der Waals surface area contributed by atoms with Crippen molar-refractivity contribution in [2.75, 3.05) is 6.54 Å². The topological polar surface area (TPSA) is 130 Å². The zero-order chi connectivity index (χ0) is 20.5. The number of hydroxylamine groups is 2. The third-order valence-corrected chi connectivity index (χ3v) is 5.07. The first-order valence-electron chi connectivity index (χ1n) is 9.32. The second-order valence-electron chi connectivity index (χ2n) is 6.99. The van der Waals surface area contributed by atoms with Gasteiger partial charge in [0.05, 0.1) is 17.7 Å². The smallest absolute Gasteiger partial charge is 0.393 e. The summed E-state index contributed by atoms with van der Waals surface area (Å²) in [6.07, 6.45) is 2.38. The summed E-state index contributed by atoms with van der Waals surface area (Å²) in [6.45, 7) is 0.401. The number of imide groups is 1. The number of amides is 2. The average Bonchev–Trinajstić information content (AvgIpc) is 3.28. The van der Waals surface area contributed by atoms with Crippen LogP contribution >= 0.6 is 0 Å². The molecule has 2 aliphatic rings. The molecule has 1 fully saturated rings. The summed E-state index contributed by atoms with van der Waals surface area (Å²) in [5, 5.41) is 9.05. The number of hydrogen-bond donors (Lipinski definition) is 2. The number of hydrogen-bond acceptors (Lipinski definition) is 7. The molecule has 1 aromatic heterocycles. The Labute approximate surface area is 166 Å². The molecule has 0 aliphatic carbocycles. The van der Waals surface area contributed by atoms with Gasteiger partial charge in [-0.15, -0.1) is 5.06 Å². The number of carbonyl (C=O) groups is 3. The fourth-order valence-corrected chi connectivity index (χ4v) is 3.59. The minimum Gasteiger partial charge on any atom is -0.452 e. The lowest BCUT2D eigenvalue weighted by Crippen LogP contribution is -2.48. The second kappa shape index (κ2) is 7.51. The molecule has 1 aromatic carbocycles. The van der Waals surface area contributed by atoms with E-state index in [-0.39, 0.29) is 23.9 Å². The van der Waals surface area contributed by atoms with Gasteiger partial charge in [-0.1, -0.05) is 12.1 Å². The molecule has 1 atom stereocenters. The van der Waals surface area contributed by atoms with Crippen LogP contribution in [0, 0.1) is 5.41 Å². The van der Waals surface area contributed by atoms with Crippen LogP contribution in [0.3, 0.4) is 0 Å². The SMILES string of the molecule is N=C(N)C1CCCCN1OC(=O)c1ccc(CN2C(=O)c3ccccc3C2=O)o1. The summed E-state index contributed by atoms with van der Waals surface area (Å²) < 4.78 is 5.51. The molecule has 4 rings (SSSR count). The lowest BCUT2D eigenvalue weighted by molar-refractivity contribution is -0.136. The minimum absolute atomic E-state index is 0.0514. The highest BCUT2D eigenvalue weighted by Gasteiger charge is 2.36. The molecule has 9 nitrogen and oxygen atoms in total. The minimum atomic E-state index is -0.716. The maximum absolute atomic E-state index is 12.4. The molecule has 0 bridgehead atoms. The molecular formula is C20H20N4O5. The van der Waals surface area contributed by atoms with E-state index in [0.717, 1.165) is 17.7 Å². The highest BCUT2D eigenvalue weighted by molar-refractivity contribution is 6.21. The predicted molar refractivity (Wildman–Crippen MR) is 101 cm³/mol. The van der Waals surface area contributed by atoms with Gasteiger partial charge in [0.15, 0.2) is 0 Å². The van der Waals surface area contributed by atoms with Gasteiger partial charge in [-0.25, -0.2) is 4.79 Å². The third-order valence-electron chi connectivity index (χ3n) is 5.07. The second-order valence-corrected chi connectivity index (χ2v) is 6.99. The normalized spacial score (nSPS) is 19.3. The number of nitrogens with one attached hydrogen (secondary N) is 1. The summed E-state index contributed by atoms with van der Waals surface area (Å²) >= 11 is 0. The number of furan rings is 1. The van der Waals surface area contributed by atoms with Crippen LogP contribution in [0.25, 0.3) is 0 Å². The Bertz CT molecular complexity index is 963. The molecule has 1 unspecified atom stereocenters. The van der Waals surface area contributed by atoms with Gasteiger partial charge in [-0.2, -0.15) is 0 Å². The maximum Gasteiger partial charge on any atom is 0.393 e. The molecule has 2 aromatic rings. The standard InChI is InChI=1S/C20H20N4O5/c21-17(22)15-7-3-4-10-24(15)29-20(27)16-9-8-12(28-16)11-23-18(25)13-5-1-2-6-14(13)19(23)26/h1-2,5-6,8-9,15H,3-4,7,10-11H2,(H3,21,22). The van der Waals surface area contributed by atoms with Crippen molar-refractivity contribution in [1.82, 2.24) is 9.96 Å². The molecule has 2 amide bonds. The lowest BCUT2D eigenvalue weighted by Gasteiger charge is -2.32. The summed E-state index contributed by atoms with van der Waals surface area (Å²) in [4.78, 5) is 43.8. The zero-order valence-corrected chi connectivity index (χ0v) is 15.6. The van der Waals surface area contributed by atoms with Crippen LogP contribution in [0.15, 0.2) is 40.8 Å². The van der Waals surface area contributed by atoms with E-state index in [0.29, 0.717) is 24.1 Å². The van der Waals surface area contributed by atoms with Crippen LogP contribution in [0.2, 0.25) is 0 Å². The lowest BCUT2D eigenvalue weighted by atomic mass is 10.0. The number of carbonyl (C=O) groups excluding carboxylic acids is 3. The fraction of sp³-hybridized carbons (Fsp3) is 0.300. The summed E-state index contributed by atoms with van der Waals surface area (Å²) in [6, 6.07) is 9.11. The van der Waals surface area contributed by atoms with Gasteiger partial charge in [0.2, 0.25) is 5.76 Å². The van der Waals surface area contributed by atoms with Crippen molar-refractivity contribution in [2.45, 2.75) is 31.8 Å². The van der Waals surface area contributed by atoms with Crippen LogP contribution in [0.1, 0.15) is 56.3 Å². The number of fused-ring (bicyclic) bond motifs is 1. The van der Waals surface area contributed by atoms with Crippen molar-refractivity contribution in [3.8, 4) is 0 Å². The third kappa shape index (κ3) is 3.52. The quantitative estimate of drug-likeness (QED) is 0.449. The van der Waals surface area contributed by atoms with Gasteiger partial charge in [0, 0.05) is 6.54 Å². The first-order chi connectivity index (χ1) is 14.0. The number of piperidine rings is 1. The summed E-state index contributed by atoms with van der Waals surface area (Å²) in [5.74, 6) is -1.33. The van der Waals surface area contributed by atoms with Crippen molar-refractivity contribution in [2.24, 2.45) is 5.73 Å². The number of benzene rings is 1. The maximum atomic E-state index is 12.4. The molecule has 0 spiro atoms. The molecule has 3 N–H and O–H groups in total. The van der Waals surface area contributed by atoms with Crippen molar-refractivity contribution in [1.29, 1.82) is 5.41 Å². The first-order valence-corrected chi connectivity index (χ1v) is 9.32. The Balaban J connectivity index is 1.44. The average molecular weight is 396 g/mol. The van der Waals surface area contributed by atoms with Crippen molar-refractivity contribution >= 4 is 23.6 Å². The highest BCUT2D eigenvalue weighted by atomic mass is 16.7. The van der Waals surface area contributed by atoms with Crippen LogP contribution in [0.5, 0.6) is 0 Å². The van der Waals surface area contributed by atoms with Crippen molar-refractivity contribution in [3.63, 3.8) is 0 Å². The molecule has 1 saturated heterocycles. The van der Waals surface area contributed by atoms with E-state index in [1.165, 1.54) is 17.2 Å². The number of rotatable bonds is 5. The van der Waals surface area contributed by atoms with E-state index in [2.05, 4.69) is 0 Å². The predicted octanol–water partition coefficient (Wildman–Crippen LogP) is 1.94. The summed E-state index contributed by atoms with van der Waals surface area (Å²) in [5.41, 5.74) is 6.29. The van der Waals surface area contributed by atoms with Gasteiger partial charge in [0.1, 0.15) is 17.6 Å². The van der Waals surface area contributed by atoms with Gasteiger partial charge in [0.25, 0.3) is 11.8 Å². The monoisotopic (exact) mass is 396 g/mol. The van der Waals surface area contributed by atoms with Gasteiger partial charge < -0.3 is 15.0 Å². The molecule has 0 radical (unpaired) electrons. The van der Waals surface area contributed by atoms with E-state index < -0.39 is 23.8 Å². The molecule has 3 heterocycles. The highest BCUT2D eigenvalue weighted by Crippen LogP contribution is 2.25. The van der Waals surface area contributed by atoms with E-state index in [4.69, 9.17) is 20.4 Å². The number of nitrogens with two attached hydrogens (primary N) is 1. The number of nitrogens with zero attached hydrogens (tertiary/aromatic N) is 2. The van der Waals surface area contributed by atoms with Crippen LogP contribution in [0.4, 0.5) is 0 Å². The summed E-state index contributed by atoms with van der Waals surface area (Å²) in [7, 11) is 0. The fourth-order valence-electron chi connectivity index (χ4n) is 3.59. The van der Waals surface area contributed by atoms with Gasteiger partial charge in [-0.05, 0) is 43.5 Å². The molecule has 29 heavy (non-hydrogen) atoms. The molecule has 9 heteroatoms. The molecule has 2 aliphatic heterocycles. The Morgan fingerprint density at radius 2 is 1.83 bits per heavy atom. The Kier molecular flexibility index (Phi) is 4.89. The van der Waals surface area contributed by atoms with E-state index in [1.807, 2.05) is 0 Å². The molecule has 0 saturated carbocycles. The van der Waals surface area contributed by atoms with Crippen molar-refractivity contribution in [3.05, 3.63) is 59.0 Å². The molecule has 150 valence electrons. The Morgan fingerprint density at radius 1 is 1.14 bits per heavy atom.